The largest absolute Gasteiger partial charge is 0.497 e. The summed E-state index contributed by atoms with van der Waals surface area (Å²) in [4.78, 5) is 2.21. The van der Waals surface area contributed by atoms with Crippen molar-refractivity contribution in [1.29, 1.82) is 0 Å². The Hall–Kier alpha value is -2.34. The molecular formula is C21H25ClN4O. The lowest BCUT2D eigenvalue weighted by atomic mass is 10.1. The summed E-state index contributed by atoms with van der Waals surface area (Å²) >= 11 is 5.99. The van der Waals surface area contributed by atoms with E-state index in [1.54, 1.807) is 7.11 Å². The first kappa shape index (κ1) is 19.4. The minimum Gasteiger partial charge on any atom is -0.497 e. The lowest BCUT2D eigenvalue weighted by molar-refractivity contribution is 0.288. The van der Waals surface area contributed by atoms with Crippen LogP contribution in [0.2, 0.25) is 5.02 Å². The number of halogens is 1. The second-order valence-electron chi connectivity index (χ2n) is 6.66. The van der Waals surface area contributed by atoms with E-state index < -0.39 is 0 Å². The van der Waals surface area contributed by atoms with E-state index in [2.05, 4.69) is 46.6 Å². The van der Waals surface area contributed by atoms with Crippen LogP contribution >= 0.6 is 11.6 Å². The zero-order valence-electron chi connectivity index (χ0n) is 15.9. The highest BCUT2D eigenvalue weighted by atomic mass is 35.5. The Morgan fingerprint density at radius 2 is 1.81 bits per heavy atom. The normalized spacial score (nSPS) is 12.3. The summed E-state index contributed by atoms with van der Waals surface area (Å²) < 4.78 is 5.25. The standard InChI is InChI=1S/C21H25ClN4O/c1-26(2)20(15-6-10-19(27-3)11-7-15)14-23-12-17-13-24-25-21(17)16-4-8-18(22)9-5-16/h4-11,13,20,23H,12,14H2,1-3H3,(H,24,25)/t20-/m1/s1. The molecule has 0 saturated heterocycles. The predicted molar refractivity (Wildman–Crippen MR) is 110 cm³/mol. The van der Waals surface area contributed by atoms with Crippen LogP contribution in [0.5, 0.6) is 5.75 Å². The molecule has 0 bridgehead atoms. The Labute approximate surface area is 165 Å². The first-order chi connectivity index (χ1) is 13.1. The molecule has 0 unspecified atom stereocenters. The maximum atomic E-state index is 5.99. The molecule has 142 valence electrons. The summed E-state index contributed by atoms with van der Waals surface area (Å²) in [6, 6.07) is 16.3. The molecule has 1 aromatic heterocycles. The van der Waals surface area contributed by atoms with Crippen molar-refractivity contribution in [3.05, 3.63) is 70.9 Å². The van der Waals surface area contributed by atoms with Gasteiger partial charge in [-0.2, -0.15) is 5.10 Å². The molecule has 0 aliphatic carbocycles. The Balaban J connectivity index is 1.65. The number of ether oxygens (including phenoxy) is 1. The number of likely N-dealkylation sites (N-methyl/N-ethyl adjacent to an activating group) is 1. The topological polar surface area (TPSA) is 53.2 Å². The maximum absolute atomic E-state index is 5.99. The lowest BCUT2D eigenvalue weighted by Crippen LogP contribution is -2.30. The molecule has 0 radical (unpaired) electrons. The number of H-pyrrole nitrogens is 1. The summed E-state index contributed by atoms with van der Waals surface area (Å²) in [7, 11) is 5.87. The van der Waals surface area contributed by atoms with Gasteiger partial charge in [-0.3, -0.25) is 5.10 Å². The van der Waals surface area contributed by atoms with Gasteiger partial charge < -0.3 is 15.0 Å². The number of rotatable bonds is 8. The predicted octanol–water partition coefficient (Wildman–Crippen LogP) is 4.13. The molecule has 0 aliphatic heterocycles. The molecule has 0 aliphatic rings. The van der Waals surface area contributed by atoms with Crippen LogP contribution in [0.25, 0.3) is 11.3 Å². The van der Waals surface area contributed by atoms with E-state index in [4.69, 9.17) is 16.3 Å². The van der Waals surface area contributed by atoms with Crippen molar-refractivity contribution in [2.75, 3.05) is 27.7 Å². The molecule has 3 aromatic rings. The van der Waals surface area contributed by atoms with Gasteiger partial charge in [0.25, 0.3) is 0 Å². The van der Waals surface area contributed by atoms with Crippen LogP contribution in [0.3, 0.4) is 0 Å². The number of hydrogen-bond acceptors (Lipinski definition) is 4. The summed E-state index contributed by atoms with van der Waals surface area (Å²) in [6.07, 6.45) is 1.87. The van der Waals surface area contributed by atoms with Gasteiger partial charge in [0.1, 0.15) is 5.75 Å². The summed E-state index contributed by atoms with van der Waals surface area (Å²) in [5.41, 5.74) is 4.47. The Morgan fingerprint density at radius 3 is 2.44 bits per heavy atom. The van der Waals surface area contributed by atoms with E-state index >= 15 is 0 Å². The average Bonchev–Trinajstić information content (AvgIpc) is 3.14. The fourth-order valence-electron chi connectivity index (χ4n) is 3.08. The summed E-state index contributed by atoms with van der Waals surface area (Å²) in [5.74, 6) is 0.871. The van der Waals surface area contributed by atoms with E-state index in [0.717, 1.165) is 40.7 Å². The van der Waals surface area contributed by atoms with Crippen LogP contribution in [0.1, 0.15) is 17.2 Å². The second kappa shape index (κ2) is 9.04. The quantitative estimate of drug-likeness (QED) is 0.613. The van der Waals surface area contributed by atoms with Crippen LogP contribution in [-0.2, 0) is 6.54 Å². The minimum absolute atomic E-state index is 0.266. The molecule has 6 heteroatoms. The number of nitrogens with zero attached hydrogens (tertiary/aromatic N) is 2. The molecule has 0 fully saturated rings. The molecule has 2 N–H and O–H groups in total. The molecule has 27 heavy (non-hydrogen) atoms. The smallest absolute Gasteiger partial charge is 0.118 e. The summed E-state index contributed by atoms with van der Waals surface area (Å²) in [5, 5.41) is 11.6. The van der Waals surface area contributed by atoms with Gasteiger partial charge in [0.2, 0.25) is 0 Å². The number of methoxy groups -OCH3 is 1. The molecule has 3 rings (SSSR count). The third-order valence-electron chi connectivity index (χ3n) is 4.63. The third-order valence-corrected chi connectivity index (χ3v) is 4.88. The van der Waals surface area contributed by atoms with Crippen LogP contribution < -0.4 is 10.1 Å². The molecular weight excluding hydrogens is 360 g/mol. The number of nitrogens with one attached hydrogen (secondary N) is 2. The minimum atomic E-state index is 0.266. The van der Waals surface area contributed by atoms with Crippen molar-refractivity contribution in [3.63, 3.8) is 0 Å². The van der Waals surface area contributed by atoms with Crippen molar-refractivity contribution in [1.82, 2.24) is 20.4 Å². The van der Waals surface area contributed by atoms with Gasteiger partial charge in [0.15, 0.2) is 0 Å². The third kappa shape index (κ3) is 4.89. The van der Waals surface area contributed by atoms with Gasteiger partial charge in [-0.25, -0.2) is 0 Å². The molecule has 0 saturated carbocycles. The maximum Gasteiger partial charge on any atom is 0.118 e. The molecule has 1 atom stereocenters. The van der Waals surface area contributed by atoms with Gasteiger partial charge in [0.05, 0.1) is 19.0 Å². The molecule has 1 heterocycles. The van der Waals surface area contributed by atoms with E-state index in [1.165, 1.54) is 5.56 Å². The molecule has 2 aromatic carbocycles. The number of benzene rings is 2. The number of hydrogen-bond donors (Lipinski definition) is 2. The zero-order chi connectivity index (χ0) is 19.2. The van der Waals surface area contributed by atoms with Crippen LogP contribution in [0.15, 0.2) is 54.7 Å². The summed E-state index contributed by atoms with van der Waals surface area (Å²) in [6.45, 7) is 1.56. The van der Waals surface area contributed by atoms with Gasteiger partial charge in [-0.15, -0.1) is 0 Å². The monoisotopic (exact) mass is 384 g/mol. The van der Waals surface area contributed by atoms with Gasteiger partial charge >= 0.3 is 0 Å². The zero-order valence-corrected chi connectivity index (χ0v) is 16.6. The Morgan fingerprint density at radius 1 is 1.11 bits per heavy atom. The lowest BCUT2D eigenvalue weighted by Gasteiger charge is -2.25. The van der Waals surface area contributed by atoms with E-state index in [0.29, 0.717) is 0 Å². The first-order valence-corrected chi connectivity index (χ1v) is 9.25. The van der Waals surface area contributed by atoms with Crippen LogP contribution in [-0.4, -0.2) is 42.8 Å². The van der Waals surface area contributed by atoms with Crippen LogP contribution in [0.4, 0.5) is 0 Å². The highest BCUT2D eigenvalue weighted by Gasteiger charge is 2.15. The van der Waals surface area contributed by atoms with Crippen molar-refractivity contribution in [2.45, 2.75) is 12.6 Å². The van der Waals surface area contributed by atoms with Crippen LogP contribution in [0, 0.1) is 0 Å². The molecule has 0 amide bonds. The second-order valence-corrected chi connectivity index (χ2v) is 7.10. The Bertz CT molecular complexity index is 843. The van der Waals surface area contributed by atoms with Gasteiger partial charge in [-0.05, 0) is 49.5 Å². The average molecular weight is 385 g/mol. The van der Waals surface area contributed by atoms with E-state index in [9.17, 15) is 0 Å². The fourth-order valence-corrected chi connectivity index (χ4v) is 3.21. The fraction of sp³-hybridized carbons (Fsp3) is 0.286. The van der Waals surface area contributed by atoms with Crippen molar-refractivity contribution >= 4 is 11.6 Å². The van der Waals surface area contributed by atoms with Gasteiger partial charge in [0, 0.05) is 29.7 Å². The number of aromatic amines is 1. The first-order valence-electron chi connectivity index (χ1n) is 8.87. The van der Waals surface area contributed by atoms with Crippen molar-refractivity contribution in [2.24, 2.45) is 0 Å². The molecule has 0 spiro atoms. The SMILES string of the molecule is COc1ccc([C@@H](CNCc2cn[nH]c2-c2ccc(Cl)cc2)N(C)C)cc1. The highest BCUT2D eigenvalue weighted by Crippen LogP contribution is 2.24. The Kier molecular flexibility index (Phi) is 6.50. The van der Waals surface area contributed by atoms with Gasteiger partial charge in [-0.1, -0.05) is 35.9 Å². The highest BCUT2D eigenvalue weighted by molar-refractivity contribution is 6.30. The van der Waals surface area contributed by atoms with Crippen molar-refractivity contribution in [3.8, 4) is 17.0 Å². The molecule has 5 nitrogen and oxygen atoms in total. The number of aromatic nitrogens is 2. The van der Waals surface area contributed by atoms with E-state index in [1.807, 2.05) is 42.6 Å². The van der Waals surface area contributed by atoms with E-state index in [-0.39, 0.29) is 6.04 Å². The van der Waals surface area contributed by atoms with Crippen molar-refractivity contribution < 1.29 is 4.74 Å².